The van der Waals surface area contributed by atoms with Gasteiger partial charge in [0.2, 0.25) is 0 Å². The molecule has 1 aliphatic rings. The van der Waals surface area contributed by atoms with Gasteiger partial charge >= 0.3 is 6.09 Å². The Balaban J connectivity index is 1.74. The van der Waals surface area contributed by atoms with E-state index in [-0.39, 0.29) is 6.09 Å². The van der Waals surface area contributed by atoms with Crippen molar-refractivity contribution < 1.29 is 9.53 Å². The number of hydrogen-bond acceptors (Lipinski definition) is 2. The average molecular weight is 300 g/mol. The van der Waals surface area contributed by atoms with E-state index in [0.717, 1.165) is 31.4 Å². The van der Waals surface area contributed by atoms with Crippen LogP contribution in [0.15, 0.2) is 30.3 Å². The number of carbonyl (C=O) groups excluding carboxylic acids is 1. The molecule has 1 amide bonds. The van der Waals surface area contributed by atoms with Crippen molar-refractivity contribution >= 4 is 17.0 Å². The fraction of sp³-hybridized carbons (Fsp3) is 0.500. The first-order valence-electron chi connectivity index (χ1n) is 7.98. The number of aromatic amines is 1. The van der Waals surface area contributed by atoms with Gasteiger partial charge in [0.1, 0.15) is 5.60 Å². The third-order valence-electron chi connectivity index (χ3n) is 4.06. The van der Waals surface area contributed by atoms with Crippen LogP contribution in [0.5, 0.6) is 0 Å². The third kappa shape index (κ3) is 3.26. The van der Waals surface area contributed by atoms with Gasteiger partial charge in [-0.15, -0.1) is 0 Å². The maximum absolute atomic E-state index is 12.3. The molecule has 0 spiro atoms. The van der Waals surface area contributed by atoms with E-state index in [1.807, 2.05) is 37.8 Å². The number of benzene rings is 1. The summed E-state index contributed by atoms with van der Waals surface area (Å²) in [5.41, 5.74) is 1.94. The second-order valence-electron chi connectivity index (χ2n) is 7.08. The molecule has 1 aromatic heterocycles. The molecule has 1 saturated heterocycles. The van der Waals surface area contributed by atoms with Crippen LogP contribution in [0, 0.1) is 0 Å². The zero-order valence-electron chi connectivity index (χ0n) is 13.6. The number of H-pyrrole nitrogens is 1. The summed E-state index contributed by atoms with van der Waals surface area (Å²) in [6.07, 6.45) is 1.92. The normalized spacial score (nSPS) is 19.4. The van der Waals surface area contributed by atoms with Crippen molar-refractivity contribution in [2.45, 2.75) is 45.1 Å². The van der Waals surface area contributed by atoms with E-state index in [4.69, 9.17) is 4.74 Å². The van der Waals surface area contributed by atoms with Crippen LogP contribution in [0.4, 0.5) is 4.79 Å². The Morgan fingerprint density at radius 1 is 1.32 bits per heavy atom. The van der Waals surface area contributed by atoms with Gasteiger partial charge in [0.25, 0.3) is 0 Å². The lowest BCUT2D eigenvalue weighted by Crippen LogP contribution is -2.42. The number of piperidine rings is 1. The highest BCUT2D eigenvalue weighted by atomic mass is 16.6. The molecule has 1 fully saturated rings. The number of carbonyl (C=O) groups is 1. The number of rotatable bonds is 1. The Labute approximate surface area is 131 Å². The Kier molecular flexibility index (Phi) is 3.85. The van der Waals surface area contributed by atoms with Gasteiger partial charge in [-0.1, -0.05) is 18.2 Å². The zero-order valence-corrected chi connectivity index (χ0v) is 13.6. The van der Waals surface area contributed by atoms with Gasteiger partial charge in [-0.2, -0.15) is 0 Å². The molecule has 1 N–H and O–H groups in total. The number of aromatic nitrogens is 1. The fourth-order valence-corrected chi connectivity index (χ4v) is 3.04. The summed E-state index contributed by atoms with van der Waals surface area (Å²) in [5, 5.41) is 1.23. The maximum Gasteiger partial charge on any atom is 0.410 e. The van der Waals surface area contributed by atoms with Crippen molar-refractivity contribution in [3.8, 4) is 0 Å². The Hall–Kier alpha value is -1.97. The van der Waals surface area contributed by atoms with Crippen LogP contribution in [0.3, 0.4) is 0 Å². The summed E-state index contributed by atoms with van der Waals surface area (Å²) in [7, 11) is 0. The summed E-state index contributed by atoms with van der Waals surface area (Å²) in [6.45, 7) is 7.23. The third-order valence-corrected chi connectivity index (χ3v) is 4.06. The van der Waals surface area contributed by atoms with Crippen LogP contribution >= 0.6 is 0 Å². The van der Waals surface area contributed by atoms with Gasteiger partial charge in [-0.3, -0.25) is 0 Å². The Morgan fingerprint density at radius 2 is 2.09 bits per heavy atom. The molecule has 0 saturated carbocycles. The SMILES string of the molecule is CC(C)(C)OC(=O)N1CCCC(c2cc3ccccc3[nH]2)C1. The van der Waals surface area contributed by atoms with Crippen molar-refractivity contribution in [2.24, 2.45) is 0 Å². The van der Waals surface area contributed by atoms with E-state index in [1.165, 1.54) is 11.1 Å². The number of likely N-dealkylation sites (tertiary alicyclic amines) is 1. The number of hydrogen-bond donors (Lipinski definition) is 1. The van der Waals surface area contributed by atoms with E-state index in [9.17, 15) is 4.79 Å². The molecule has 1 aliphatic heterocycles. The first-order valence-corrected chi connectivity index (χ1v) is 7.98. The molecule has 0 radical (unpaired) electrons. The number of fused-ring (bicyclic) bond motifs is 1. The van der Waals surface area contributed by atoms with Gasteiger partial charge in [0.05, 0.1) is 0 Å². The minimum atomic E-state index is -0.439. The van der Waals surface area contributed by atoms with E-state index in [0.29, 0.717) is 5.92 Å². The molecular weight excluding hydrogens is 276 g/mol. The second kappa shape index (κ2) is 5.67. The van der Waals surface area contributed by atoms with Crippen LogP contribution in [-0.4, -0.2) is 34.7 Å². The second-order valence-corrected chi connectivity index (χ2v) is 7.08. The highest BCUT2D eigenvalue weighted by Crippen LogP contribution is 2.29. The molecule has 1 atom stereocenters. The van der Waals surface area contributed by atoms with Crippen LogP contribution in [0.25, 0.3) is 10.9 Å². The lowest BCUT2D eigenvalue weighted by Gasteiger charge is -2.33. The highest BCUT2D eigenvalue weighted by Gasteiger charge is 2.28. The summed E-state index contributed by atoms with van der Waals surface area (Å²) in [5.74, 6) is 0.355. The van der Waals surface area contributed by atoms with Crippen LogP contribution in [0.2, 0.25) is 0 Å². The summed E-state index contributed by atoms with van der Waals surface area (Å²) >= 11 is 0. The quantitative estimate of drug-likeness (QED) is 0.854. The van der Waals surface area contributed by atoms with Crippen molar-refractivity contribution in [3.63, 3.8) is 0 Å². The molecule has 1 unspecified atom stereocenters. The van der Waals surface area contributed by atoms with Gasteiger partial charge in [0, 0.05) is 30.2 Å². The smallest absolute Gasteiger partial charge is 0.410 e. The molecule has 2 aromatic rings. The Morgan fingerprint density at radius 3 is 2.82 bits per heavy atom. The maximum atomic E-state index is 12.3. The molecule has 3 rings (SSSR count). The highest BCUT2D eigenvalue weighted by molar-refractivity contribution is 5.80. The minimum absolute atomic E-state index is 0.201. The van der Waals surface area contributed by atoms with Crippen LogP contribution in [-0.2, 0) is 4.74 Å². The average Bonchev–Trinajstić information content (AvgIpc) is 2.89. The monoisotopic (exact) mass is 300 g/mol. The summed E-state index contributed by atoms with van der Waals surface area (Å²) in [6, 6.07) is 10.5. The fourth-order valence-electron chi connectivity index (χ4n) is 3.04. The molecule has 118 valence electrons. The van der Waals surface area contributed by atoms with Gasteiger partial charge in [-0.25, -0.2) is 4.79 Å². The standard InChI is InChI=1S/C18H24N2O2/c1-18(2,3)22-17(21)20-10-6-8-14(12-20)16-11-13-7-4-5-9-15(13)19-16/h4-5,7,9,11,14,19H,6,8,10,12H2,1-3H3. The zero-order chi connectivity index (χ0) is 15.7. The van der Waals surface area contributed by atoms with E-state index < -0.39 is 5.60 Å². The topological polar surface area (TPSA) is 45.3 Å². The van der Waals surface area contributed by atoms with Crippen molar-refractivity contribution in [1.29, 1.82) is 0 Å². The molecule has 0 bridgehead atoms. The lowest BCUT2D eigenvalue weighted by molar-refractivity contribution is 0.0197. The number of ether oxygens (including phenoxy) is 1. The predicted molar refractivity (Wildman–Crippen MR) is 88.1 cm³/mol. The van der Waals surface area contributed by atoms with E-state index in [1.54, 1.807) is 0 Å². The Bertz CT molecular complexity index is 636. The van der Waals surface area contributed by atoms with E-state index in [2.05, 4.69) is 23.2 Å². The van der Waals surface area contributed by atoms with Gasteiger partial charge in [-0.05, 0) is 51.1 Å². The number of para-hydroxylation sites is 1. The molecule has 0 aliphatic carbocycles. The first kappa shape index (κ1) is 14.9. The molecular formula is C18H24N2O2. The lowest BCUT2D eigenvalue weighted by atomic mass is 9.95. The molecule has 2 heterocycles. The largest absolute Gasteiger partial charge is 0.444 e. The molecule has 4 nitrogen and oxygen atoms in total. The molecule has 4 heteroatoms. The predicted octanol–water partition coefficient (Wildman–Crippen LogP) is 4.28. The molecule has 22 heavy (non-hydrogen) atoms. The number of nitrogens with one attached hydrogen (secondary N) is 1. The number of nitrogens with zero attached hydrogens (tertiary/aromatic N) is 1. The van der Waals surface area contributed by atoms with Crippen LogP contribution < -0.4 is 0 Å². The minimum Gasteiger partial charge on any atom is -0.444 e. The van der Waals surface area contributed by atoms with Crippen molar-refractivity contribution in [1.82, 2.24) is 9.88 Å². The van der Waals surface area contributed by atoms with Crippen molar-refractivity contribution in [2.75, 3.05) is 13.1 Å². The first-order chi connectivity index (χ1) is 10.4. The van der Waals surface area contributed by atoms with Crippen molar-refractivity contribution in [3.05, 3.63) is 36.0 Å². The van der Waals surface area contributed by atoms with Gasteiger partial charge in [0.15, 0.2) is 0 Å². The van der Waals surface area contributed by atoms with Gasteiger partial charge < -0.3 is 14.6 Å². The van der Waals surface area contributed by atoms with E-state index >= 15 is 0 Å². The summed E-state index contributed by atoms with van der Waals surface area (Å²) < 4.78 is 5.50. The number of amides is 1. The summed E-state index contributed by atoms with van der Waals surface area (Å²) in [4.78, 5) is 17.6. The van der Waals surface area contributed by atoms with Crippen LogP contribution in [0.1, 0.15) is 45.2 Å². The molecule has 1 aromatic carbocycles.